The molecule has 0 saturated heterocycles. The lowest BCUT2D eigenvalue weighted by molar-refractivity contribution is 0.0936. The second kappa shape index (κ2) is 5.67. The van der Waals surface area contributed by atoms with E-state index in [-0.39, 0.29) is 23.4 Å². The molecule has 4 nitrogen and oxygen atoms in total. The summed E-state index contributed by atoms with van der Waals surface area (Å²) in [6.07, 6.45) is 8.23. The van der Waals surface area contributed by atoms with Gasteiger partial charge < -0.3 is 10.4 Å². The van der Waals surface area contributed by atoms with Crippen LogP contribution < -0.4 is 5.32 Å². The third-order valence-electron chi connectivity index (χ3n) is 3.23. The average molecular weight is 246 g/mol. The number of hydrogen-bond donors (Lipinski definition) is 2. The summed E-state index contributed by atoms with van der Waals surface area (Å²) < 4.78 is 0. The maximum absolute atomic E-state index is 12.0. The first kappa shape index (κ1) is 12.6. The van der Waals surface area contributed by atoms with Crippen LogP contribution in [0.2, 0.25) is 0 Å². The number of nitrogens with zero attached hydrogens (tertiary/aromatic N) is 1. The monoisotopic (exact) mass is 246 g/mol. The first-order chi connectivity index (χ1) is 8.68. The normalized spacial score (nSPS) is 16.8. The lowest BCUT2D eigenvalue weighted by Crippen LogP contribution is -2.34. The molecule has 1 heterocycles. The van der Waals surface area contributed by atoms with E-state index in [1.54, 1.807) is 6.07 Å². The van der Waals surface area contributed by atoms with E-state index < -0.39 is 0 Å². The Morgan fingerprint density at radius 2 is 2.33 bits per heavy atom. The summed E-state index contributed by atoms with van der Waals surface area (Å²) in [6, 6.07) is 3.06. The summed E-state index contributed by atoms with van der Waals surface area (Å²) in [5.41, 5.74) is 1.35. The van der Waals surface area contributed by atoms with E-state index in [1.807, 2.05) is 6.92 Å². The van der Waals surface area contributed by atoms with E-state index in [4.69, 9.17) is 0 Å². The number of amides is 1. The highest BCUT2D eigenvalue weighted by Crippen LogP contribution is 2.20. The van der Waals surface area contributed by atoms with Crippen molar-refractivity contribution in [3.05, 3.63) is 35.7 Å². The number of pyridine rings is 1. The van der Waals surface area contributed by atoms with Crippen LogP contribution in [0.5, 0.6) is 5.75 Å². The maximum Gasteiger partial charge on any atom is 0.274 e. The van der Waals surface area contributed by atoms with Crippen LogP contribution in [-0.2, 0) is 0 Å². The smallest absolute Gasteiger partial charge is 0.274 e. The standard InChI is InChI=1S/C14H18N2O2/c1-10(11-6-3-2-4-7-11)16-14(18)13-12(17)8-5-9-15-13/h5-6,8-10,17H,2-4,7H2,1H3,(H,16,18). The number of rotatable bonds is 3. The second-order valence-electron chi connectivity index (χ2n) is 4.59. The molecule has 1 atom stereocenters. The van der Waals surface area contributed by atoms with Gasteiger partial charge in [-0.3, -0.25) is 4.79 Å². The van der Waals surface area contributed by atoms with Gasteiger partial charge in [0.15, 0.2) is 5.69 Å². The van der Waals surface area contributed by atoms with Gasteiger partial charge in [0.05, 0.1) is 0 Å². The molecular weight excluding hydrogens is 228 g/mol. The van der Waals surface area contributed by atoms with E-state index >= 15 is 0 Å². The van der Waals surface area contributed by atoms with Gasteiger partial charge in [0, 0.05) is 12.2 Å². The van der Waals surface area contributed by atoms with E-state index in [9.17, 15) is 9.90 Å². The minimum atomic E-state index is -0.327. The Bertz CT molecular complexity index is 469. The van der Waals surface area contributed by atoms with E-state index in [0.29, 0.717) is 0 Å². The second-order valence-corrected chi connectivity index (χ2v) is 4.59. The van der Waals surface area contributed by atoms with Crippen LogP contribution in [0.4, 0.5) is 0 Å². The number of carbonyl (C=O) groups is 1. The van der Waals surface area contributed by atoms with Gasteiger partial charge in [-0.1, -0.05) is 11.6 Å². The topological polar surface area (TPSA) is 62.2 Å². The molecule has 4 heteroatoms. The summed E-state index contributed by atoms with van der Waals surface area (Å²) in [4.78, 5) is 15.9. The molecule has 2 rings (SSSR count). The minimum Gasteiger partial charge on any atom is -0.505 e. The van der Waals surface area contributed by atoms with Crippen LogP contribution in [0, 0.1) is 0 Å². The molecule has 0 bridgehead atoms. The van der Waals surface area contributed by atoms with Crippen molar-refractivity contribution < 1.29 is 9.90 Å². The molecule has 1 amide bonds. The molecule has 96 valence electrons. The zero-order chi connectivity index (χ0) is 13.0. The molecule has 0 aliphatic heterocycles. The predicted octanol–water partition coefficient (Wildman–Crippen LogP) is 2.41. The zero-order valence-electron chi connectivity index (χ0n) is 10.5. The van der Waals surface area contributed by atoms with Gasteiger partial charge in [-0.25, -0.2) is 4.98 Å². The Hall–Kier alpha value is -1.84. The summed E-state index contributed by atoms with van der Waals surface area (Å²) in [7, 11) is 0. The van der Waals surface area contributed by atoms with E-state index in [0.717, 1.165) is 12.8 Å². The molecule has 0 spiro atoms. The van der Waals surface area contributed by atoms with Crippen molar-refractivity contribution in [3.63, 3.8) is 0 Å². The number of hydrogen-bond acceptors (Lipinski definition) is 3. The van der Waals surface area contributed by atoms with Crippen LogP contribution >= 0.6 is 0 Å². The Labute approximate surface area is 107 Å². The first-order valence-electron chi connectivity index (χ1n) is 6.32. The summed E-state index contributed by atoms with van der Waals surface area (Å²) in [6.45, 7) is 1.97. The Balaban J connectivity index is 2.03. The van der Waals surface area contributed by atoms with E-state index in [2.05, 4.69) is 16.4 Å². The van der Waals surface area contributed by atoms with Crippen molar-refractivity contribution >= 4 is 5.91 Å². The first-order valence-corrected chi connectivity index (χ1v) is 6.32. The van der Waals surface area contributed by atoms with Crippen LogP contribution in [-0.4, -0.2) is 22.0 Å². The molecule has 1 unspecified atom stereocenters. The van der Waals surface area contributed by atoms with Crippen molar-refractivity contribution in [2.24, 2.45) is 0 Å². The van der Waals surface area contributed by atoms with Gasteiger partial charge >= 0.3 is 0 Å². The molecule has 1 aromatic rings. The molecule has 1 aromatic heterocycles. The number of aromatic hydroxyl groups is 1. The fraction of sp³-hybridized carbons (Fsp3) is 0.429. The van der Waals surface area contributed by atoms with E-state index in [1.165, 1.54) is 30.7 Å². The van der Waals surface area contributed by atoms with Crippen molar-refractivity contribution in [3.8, 4) is 5.75 Å². The van der Waals surface area contributed by atoms with Crippen LogP contribution in [0.15, 0.2) is 30.0 Å². The fourth-order valence-corrected chi connectivity index (χ4v) is 2.19. The molecule has 2 N–H and O–H groups in total. The zero-order valence-corrected chi connectivity index (χ0v) is 10.5. The molecule has 1 aliphatic carbocycles. The molecule has 0 saturated carbocycles. The average Bonchev–Trinajstić information content (AvgIpc) is 2.40. The molecule has 0 aromatic carbocycles. The number of carbonyl (C=O) groups excluding carboxylic acids is 1. The quantitative estimate of drug-likeness (QED) is 0.805. The van der Waals surface area contributed by atoms with Crippen molar-refractivity contribution in [2.75, 3.05) is 0 Å². The molecule has 0 fully saturated rings. The number of aromatic nitrogens is 1. The highest BCUT2D eigenvalue weighted by atomic mass is 16.3. The molecular formula is C14H18N2O2. The summed E-state index contributed by atoms with van der Waals surface area (Å²) in [5, 5.41) is 12.4. The molecule has 1 aliphatic rings. The van der Waals surface area contributed by atoms with Gasteiger partial charge in [0.2, 0.25) is 0 Å². The SMILES string of the molecule is CC(NC(=O)c1ncccc1O)C1=CCCCC1. The highest BCUT2D eigenvalue weighted by molar-refractivity contribution is 5.95. The van der Waals surface area contributed by atoms with Gasteiger partial charge in [0.1, 0.15) is 5.75 Å². The summed E-state index contributed by atoms with van der Waals surface area (Å²) in [5.74, 6) is -0.410. The number of allylic oxidation sites excluding steroid dienone is 1. The predicted molar refractivity (Wildman–Crippen MR) is 69.4 cm³/mol. The van der Waals surface area contributed by atoms with Gasteiger partial charge in [0.25, 0.3) is 5.91 Å². The maximum atomic E-state index is 12.0. The van der Waals surface area contributed by atoms with Crippen molar-refractivity contribution in [2.45, 2.75) is 38.6 Å². The third-order valence-corrected chi connectivity index (χ3v) is 3.23. The Kier molecular flexibility index (Phi) is 3.97. The van der Waals surface area contributed by atoms with Gasteiger partial charge in [-0.05, 0) is 44.7 Å². The highest BCUT2D eigenvalue weighted by Gasteiger charge is 2.17. The Morgan fingerprint density at radius 3 is 3.00 bits per heavy atom. The molecule has 0 radical (unpaired) electrons. The van der Waals surface area contributed by atoms with Gasteiger partial charge in [-0.15, -0.1) is 0 Å². The van der Waals surface area contributed by atoms with Crippen LogP contribution in [0.25, 0.3) is 0 Å². The third kappa shape index (κ3) is 2.88. The van der Waals surface area contributed by atoms with Crippen molar-refractivity contribution in [1.82, 2.24) is 10.3 Å². The minimum absolute atomic E-state index is 0.000735. The summed E-state index contributed by atoms with van der Waals surface area (Å²) >= 11 is 0. The fourth-order valence-electron chi connectivity index (χ4n) is 2.19. The van der Waals surface area contributed by atoms with Crippen molar-refractivity contribution in [1.29, 1.82) is 0 Å². The Morgan fingerprint density at radius 1 is 1.50 bits per heavy atom. The largest absolute Gasteiger partial charge is 0.505 e. The molecule has 18 heavy (non-hydrogen) atoms. The van der Waals surface area contributed by atoms with Crippen LogP contribution in [0.1, 0.15) is 43.1 Å². The van der Waals surface area contributed by atoms with Crippen LogP contribution in [0.3, 0.4) is 0 Å². The lowest BCUT2D eigenvalue weighted by atomic mass is 9.94. The lowest BCUT2D eigenvalue weighted by Gasteiger charge is -2.20. The van der Waals surface area contributed by atoms with Gasteiger partial charge in [-0.2, -0.15) is 0 Å². The number of nitrogens with one attached hydrogen (secondary N) is 1.